The van der Waals surface area contributed by atoms with Gasteiger partial charge in [-0.25, -0.2) is 0 Å². The van der Waals surface area contributed by atoms with Crippen molar-refractivity contribution in [1.82, 2.24) is 4.90 Å². The molecule has 0 saturated carbocycles. The smallest absolute Gasteiger partial charge is 0.163 e. The van der Waals surface area contributed by atoms with E-state index in [9.17, 15) is 4.79 Å². The molecule has 98 valence electrons. The summed E-state index contributed by atoms with van der Waals surface area (Å²) in [7, 11) is 0. The molecule has 2 aliphatic rings. The summed E-state index contributed by atoms with van der Waals surface area (Å²) in [5.74, 6) is 0.344. The summed E-state index contributed by atoms with van der Waals surface area (Å²) in [5.41, 5.74) is 3.76. The molecule has 0 fully saturated rings. The van der Waals surface area contributed by atoms with Crippen LogP contribution in [0.25, 0.3) is 0 Å². The normalized spacial score (nSPS) is 22.3. The van der Waals surface area contributed by atoms with Crippen molar-refractivity contribution in [3.63, 3.8) is 0 Å². The Kier molecular flexibility index (Phi) is 4.08. The fourth-order valence-electron chi connectivity index (χ4n) is 3.35. The van der Waals surface area contributed by atoms with Gasteiger partial charge < -0.3 is 0 Å². The van der Waals surface area contributed by atoms with E-state index in [4.69, 9.17) is 0 Å². The van der Waals surface area contributed by atoms with Crippen molar-refractivity contribution < 1.29 is 4.79 Å². The lowest BCUT2D eigenvalue weighted by Gasteiger charge is -2.40. The molecule has 3 heteroatoms. The van der Waals surface area contributed by atoms with Crippen LogP contribution in [0.2, 0.25) is 0 Å². The molecule has 0 radical (unpaired) electrons. The zero-order valence-electron chi connectivity index (χ0n) is 10.8. The van der Waals surface area contributed by atoms with Crippen LogP contribution in [-0.4, -0.2) is 23.8 Å². The zero-order valence-corrected chi connectivity index (χ0v) is 11.6. The highest BCUT2D eigenvalue weighted by molar-refractivity contribution is 5.99. The Balaban J connectivity index is 0.00000120. The Hall–Kier alpha value is -0.860. The van der Waals surface area contributed by atoms with Crippen LogP contribution in [0, 0.1) is 0 Å². The van der Waals surface area contributed by atoms with Gasteiger partial charge in [-0.3, -0.25) is 9.69 Å². The number of nitrogens with zero attached hydrogens (tertiary/aromatic N) is 1. The first-order valence-corrected chi connectivity index (χ1v) is 6.70. The predicted molar refractivity (Wildman–Crippen MR) is 75.6 cm³/mol. The third kappa shape index (κ3) is 2.08. The number of ketones is 1. The molecule has 0 N–H and O–H groups in total. The van der Waals surface area contributed by atoms with Gasteiger partial charge in [0.2, 0.25) is 0 Å². The molecule has 18 heavy (non-hydrogen) atoms. The van der Waals surface area contributed by atoms with Crippen LogP contribution < -0.4 is 0 Å². The standard InChI is InChI=1S/C15H19NO.ClH/c1-2-9-16-10-8-11-4-3-5-12-14(17)7-6-13(16)15(11)12;/h3-5,13H,2,6-10H2,1H3;1H. The Labute approximate surface area is 115 Å². The Morgan fingerprint density at radius 3 is 2.94 bits per heavy atom. The van der Waals surface area contributed by atoms with E-state index >= 15 is 0 Å². The average Bonchev–Trinajstić information content (AvgIpc) is 2.36. The lowest BCUT2D eigenvalue weighted by molar-refractivity contribution is 0.0919. The third-order valence-corrected chi connectivity index (χ3v) is 4.09. The number of Topliss-reactive ketones (excluding diaryl/α,β-unsaturated/α-hetero) is 1. The summed E-state index contributed by atoms with van der Waals surface area (Å²) in [5, 5.41) is 0. The maximum Gasteiger partial charge on any atom is 0.163 e. The largest absolute Gasteiger partial charge is 0.296 e. The third-order valence-electron chi connectivity index (χ3n) is 4.09. The van der Waals surface area contributed by atoms with Crippen LogP contribution in [0.15, 0.2) is 18.2 Å². The van der Waals surface area contributed by atoms with Crippen molar-refractivity contribution in [3.8, 4) is 0 Å². The molecule has 1 aromatic carbocycles. The molecule has 2 nitrogen and oxygen atoms in total. The molecular weight excluding hydrogens is 246 g/mol. The second kappa shape index (κ2) is 5.41. The highest BCUT2D eigenvalue weighted by Crippen LogP contribution is 2.39. The maximum atomic E-state index is 12.0. The van der Waals surface area contributed by atoms with Gasteiger partial charge in [-0.05, 0) is 36.9 Å². The topological polar surface area (TPSA) is 20.3 Å². The number of halogens is 1. The first kappa shape index (κ1) is 13.6. The van der Waals surface area contributed by atoms with E-state index in [2.05, 4.69) is 17.9 Å². The van der Waals surface area contributed by atoms with Gasteiger partial charge in [0, 0.05) is 24.6 Å². The number of hydrogen-bond donors (Lipinski definition) is 0. The number of hydrogen-bond acceptors (Lipinski definition) is 2. The summed E-state index contributed by atoms with van der Waals surface area (Å²) >= 11 is 0. The summed E-state index contributed by atoms with van der Waals surface area (Å²) < 4.78 is 0. The van der Waals surface area contributed by atoms with E-state index in [-0.39, 0.29) is 12.4 Å². The lowest BCUT2D eigenvalue weighted by atomic mass is 9.80. The quantitative estimate of drug-likeness (QED) is 0.817. The minimum atomic E-state index is 0. The van der Waals surface area contributed by atoms with Crippen molar-refractivity contribution in [2.24, 2.45) is 0 Å². The van der Waals surface area contributed by atoms with Gasteiger partial charge in [-0.1, -0.05) is 25.1 Å². The summed E-state index contributed by atoms with van der Waals surface area (Å²) in [6.45, 7) is 4.55. The number of carbonyl (C=O) groups excluding carboxylic acids is 1. The fraction of sp³-hybridized carbons (Fsp3) is 0.533. The van der Waals surface area contributed by atoms with Crippen molar-refractivity contribution in [1.29, 1.82) is 0 Å². The van der Waals surface area contributed by atoms with Gasteiger partial charge in [-0.15, -0.1) is 12.4 Å². The van der Waals surface area contributed by atoms with Crippen LogP contribution in [0.1, 0.15) is 53.7 Å². The Morgan fingerprint density at radius 1 is 1.33 bits per heavy atom. The van der Waals surface area contributed by atoms with Crippen LogP contribution in [0.4, 0.5) is 0 Å². The number of carbonyl (C=O) groups is 1. The molecule has 1 aliphatic carbocycles. The van der Waals surface area contributed by atoms with Crippen LogP contribution in [0.5, 0.6) is 0 Å². The van der Waals surface area contributed by atoms with Gasteiger partial charge in [0.05, 0.1) is 0 Å². The first-order chi connectivity index (χ1) is 8.31. The van der Waals surface area contributed by atoms with E-state index in [0.717, 1.165) is 37.9 Å². The van der Waals surface area contributed by atoms with Gasteiger partial charge >= 0.3 is 0 Å². The molecule has 0 bridgehead atoms. The van der Waals surface area contributed by atoms with Crippen molar-refractivity contribution in [2.75, 3.05) is 13.1 Å². The average molecular weight is 266 g/mol. The fourth-order valence-corrected chi connectivity index (χ4v) is 3.35. The molecule has 3 rings (SSSR count). The van der Waals surface area contributed by atoms with E-state index in [1.165, 1.54) is 17.5 Å². The Bertz CT molecular complexity index is 458. The molecular formula is C15H20ClNO. The highest BCUT2D eigenvalue weighted by Gasteiger charge is 2.33. The van der Waals surface area contributed by atoms with Crippen molar-refractivity contribution >= 4 is 18.2 Å². The minimum Gasteiger partial charge on any atom is -0.296 e. The van der Waals surface area contributed by atoms with Crippen molar-refractivity contribution in [3.05, 3.63) is 34.9 Å². The summed E-state index contributed by atoms with van der Waals surface area (Å²) in [4.78, 5) is 14.5. The van der Waals surface area contributed by atoms with Gasteiger partial charge in [0.15, 0.2) is 5.78 Å². The summed E-state index contributed by atoms with van der Waals surface area (Å²) in [6, 6.07) is 6.77. The molecule has 0 amide bonds. The van der Waals surface area contributed by atoms with Crippen LogP contribution in [-0.2, 0) is 6.42 Å². The number of rotatable bonds is 2. The molecule has 0 spiro atoms. The van der Waals surface area contributed by atoms with E-state index < -0.39 is 0 Å². The second-order valence-corrected chi connectivity index (χ2v) is 5.14. The first-order valence-electron chi connectivity index (χ1n) is 6.70. The molecule has 1 heterocycles. The van der Waals surface area contributed by atoms with Crippen LogP contribution >= 0.6 is 12.4 Å². The molecule has 1 aromatic rings. The van der Waals surface area contributed by atoms with E-state index in [1.807, 2.05) is 12.1 Å². The molecule has 0 saturated heterocycles. The molecule has 1 aliphatic heterocycles. The molecule has 1 atom stereocenters. The lowest BCUT2D eigenvalue weighted by Crippen LogP contribution is -2.39. The zero-order chi connectivity index (χ0) is 11.8. The van der Waals surface area contributed by atoms with E-state index in [0.29, 0.717) is 11.8 Å². The SMILES string of the molecule is CCCN1CCc2cccc3c2C1CCC3=O.Cl. The summed E-state index contributed by atoms with van der Waals surface area (Å²) in [6.07, 6.45) is 4.04. The second-order valence-electron chi connectivity index (χ2n) is 5.14. The van der Waals surface area contributed by atoms with Crippen molar-refractivity contribution in [2.45, 2.75) is 38.6 Å². The van der Waals surface area contributed by atoms with E-state index in [1.54, 1.807) is 0 Å². The number of benzene rings is 1. The maximum absolute atomic E-state index is 12.0. The Morgan fingerprint density at radius 2 is 2.17 bits per heavy atom. The van der Waals surface area contributed by atoms with Gasteiger partial charge in [0.25, 0.3) is 0 Å². The van der Waals surface area contributed by atoms with Gasteiger partial charge in [-0.2, -0.15) is 0 Å². The predicted octanol–water partition coefficient (Wildman–Crippen LogP) is 3.39. The highest BCUT2D eigenvalue weighted by atomic mass is 35.5. The van der Waals surface area contributed by atoms with Gasteiger partial charge in [0.1, 0.15) is 0 Å². The van der Waals surface area contributed by atoms with Crippen LogP contribution in [0.3, 0.4) is 0 Å². The molecule has 1 unspecified atom stereocenters. The minimum absolute atomic E-state index is 0. The monoisotopic (exact) mass is 265 g/mol. The molecule has 0 aromatic heterocycles.